The number of halogens is 1. The number of nitrogens with two attached hydrogens (primary N) is 2. The van der Waals surface area contributed by atoms with E-state index in [0.29, 0.717) is 0 Å². The van der Waals surface area contributed by atoms with Crippen molar-refractivity contribution >= 4 is 48.1 Å². The highest BCUT2D eigenvalue weighted by molar-refractivity contribution is 7.96. The normalized spacial score (nSPS) is 4.69. The zero-order valence-electron chi connectivity index (χ0n) is 10.6. The van der Waals surface area contributed by atoms with Crippen LogP contribution in [-0.4, -0.2) is 10.5 Å². The van der Waals surface area contributed by atoms with Gasteiger partial charge < -0.3 is 11.5 Å². The lowest BCUT2D eigenvalue weighted by molar-refractivity contribution is 0.266. The molecule has 102 valence electrons. The van der Waals surface area contributed by atoms with E-state index in [0.717, 1.165) is 0 Å². The molecule has 0 atom stereocenters. The number of amides is 2. The van der Waals surface area contributed by atoms with Gasteiger partial charge in [-0.25, -0.2) is 0 Å². The third kappa shape index (κ3) is 20200. The van der Waals surface area contributed by atoms with E-state index in [9.17, 15) is 0 Å². The van der Waals surface area contributed by atoms with Crippen LogP contribution in [-0.2, 0) is 0 Å². The van der Waals surface area contributed by atoms with Crippen LogP contribution in [0, 0.1) is 0 Å². The number of rotatable bonds is 0. The molecule has 0 aromatic rings. The molecule has 0 bridgehead atoms. The summed E-state index contributed by atoms with van der Waals surface area (Å²) in [6, 6.07) is 0. The molecule has 0 unspecified atom stereocenters. The molecule has 0 saturated heterocycles. The van der Waals surface area contributed by atoms with Crippen molar-refractivity contribution in [1.82, 2.24) is 0 Å². The Morgan fingerprint density at radius 1 is 1.00 bits per heavy atom. The van der Waals surface area contributed by atoms with Crippen molar-refractivity contribution in [2.45, 2.75) is 34.6 Å². The summed E-state index contributed by atoms with van der Waals surface area (Å²) < 4.78 is 0. The molecule has 2 amide bonds. The minimum atomic E-state index is -0.639. The molecule has 0 aromatic heterocycles. The fourth-order valence-electron chi connectivity index (χ4n) is 0. The van der Waals surface area contributed by atoms with Crippen molar-refractivity contribution in [2.24, 2.45) is 11.5 Å². The maximum absolute atomic E-state index is 9.09. The van der Waals surface area contributed by atoms with Gasteiger partial charge >= 0.3 is 0 Å². The molecule has 16 heavy (non-hydrogen) atoms. The number of primary amides is 2. The Bertz CT molecular complexity index is 117. The van der Waals surface area contributed by atoms with Gasteiger partial charge in [-0.1, -0.05) is 59.0 Å². The Morgan fingerprint density at radius 3 is 1.00 bits per heavy atom. The summed E-state index contributed by atoms with van der Waals surface area (Å²) >= 11 is 6.21. The predicted molar refractivity (Wildman–Crippen MR) is 83.0 cm³/mol. The molecule has 0 saturated carbocycles. The Balaban J connectivity index is -0.0000000199. The number of hydrogen-bond acceptors (Lipinski definition) is 2. The molecular formula is C9H25ClN2O2S2. The molecule has 7 heteroatoms. The summed E-state index contributed by atoms with van der Waals surface area (Å²) in [6.45, 7) is 13.2. The van der Waals surface area contributed by atoms with Crippen LogP contribution in [0.15, 0.2) is 12.7 Å². The second-order valence-electron chi connectivity index (χ2n) is 1.08. The zero-order chi connectivity index (χ0) is 13.9. The lowest BCUT2D eigenvalue weighted by Gasteiger charge is -1.59. The number of allylic oxidation sites excluding steroid dienone is 1. The average Bonchev–Trinajstić information content (AvgIpc) is 2.09. The fourth-order valence-corrected chi connectivity index (χ4v) is 0. The van der Waals surface area contributed by atoms with Gasteiger partial charge in [0.2, 0.25) is 0 Å². The van der Waals surface area contributed by atoms with Crippen molar-refractivity contribution in [3.05, 3.63) is 12.7 Å². The quantitative estimate of drug-likeness (QED) is 0.406. The van der Waals surface area contributed by atoms with Crippen LogP contribution in [0.1, 0.15) is 34.6 Å². The highest BCUT2D eigenvalue weighted by atomic mass is 35.5. The fraction of sp³-hybridized carbons (Fsp3) is 0.556. The van der Waals surface area contributed by atoms with Gasteiger partial charge in [-0.15, -0.1) is 19.0 Å². The Labute approximate surface area is 116 Å². The maximum atomic E-state index is 9.09. The molecule has 0 aromatic carbocycles. The first-order chi connectivity index (χ1) is 6.88. The second-order valence-corrected chi connectivity index (χ2v) is 1.97. The first-order valence-electron chi connectivity index (χ1n) is 4.42. The van der Waals surface area contributed by atoms with E-state index in [-0.39, 0.29) is 12.4 Å². The van der Waals surface area contributed by atoms with Gasteiger partial charge in [-0.05, 0) is 6.92 Å². The summed E-state index contributed by atoms with van der Waals surface area (Å²) in [7, 11) is 0. The number of thiol groups is 2. The van der Waals surface area contributed by atoms with Crippen molar-refractivity contribution in [1.29, 1.82) is 0 Å². The zero-order valence-corrected chi connectivity index (χ0v) is 13.2. The highest BCUT2D eigenvalue weighted by Gasteiger charge is 1.63. The van der Waals surface area contributed by atoms with E-state index in [1.807, 2.05) is 34.6 Å². The molecule has 4 N–H and O–H groups in total. The van der Waals surface area contributed by atoms with Gasteiger partial charge in [-0.3, -0.25) is 9.59 Å². The van der Waals surface area contributed by atoms with Crippen LogP contribution in [0.25, 0.3) is 0 Å². The van der Waals surface area contributed by atoms with Crippen LogP contribution in [0.5, 0.6) is 0 Å². The van der Waals surface area contributed by atoms with Gasteiger partial charge in [0.1, 0.15) is 0 Å². The van der Waals surface area contributed by atoms with Crippen LogP contribution in [0.4, 0.5) is 9.59 Å². The van der Waals surface area contributed by atoms with Crippen molar-refractivity contribution in [2.75, 3.05) is 0 Å². The highest BCUT2D eigenvalue weighted by Crippen LogP contribution is 1.61. The van der Waals surface area contributed by atoms with Crippen LogP contribution >= 0.6 is 37.7 Å². The molecular weight excluding hydrogens is 268 g/mol. The van der Waals surface area contributed by atoms with Crippen LogP contribution in [0.3, 0.4) is 0 Å². The van der Waals surface area contributed by atoms with Gasteiger partial charge in [0, 0.05) is 0 Å². The van der Waals surface area contributed by atoms with E-state index in [4.69, 9.17) is 9.59 Å². The lowest BCUT2D eigenvalue weighted by atomic mass is 10.8. The maximum Gasteiger partial charge on any atom is 0.273 e. The standard InChI is InChI=1S/C3H6.2C2H6.2CH3NOS.ClH/c1-3-2;2*1-2;2*2-1(3)4;/h3H,1H2,2H3;2*1-2H3;2*(H3,2,3,4);1H. The number of carbonyl (C=O) groups excluding carboxylic acids is 2. The third-order valence-electron chi connectivity index (χ3n) is 0. The second kappa shape index (κ2) is 61.6. The van der Waals surface area contributed by atoms with E-state index >= 15 is 0 Å². The molecule has 0 fully saturated rings. The SMILES string of the molecule is C=CC.CC.CC.Cl.NC(=O)S.NC(=O)S. The van der Waals surface area contributed by atoms with Crippen molar-refractivity contribution in [3.8, 4) is 0 Å². The summed E-state index contributed by atoms with van der Waals surface area (Å²) in [5.74, 6) is 0. The Hall–Kier alpha value is -0.330. The Morgan fingerprint density at radius 2 is 1.00 bits per heavy atom. The molecule has 0 aliphatic rings. The first-order valence-corrected chi connectivity index (χ1v) is 5.31. The summed E-state index contributed by atoms with van der Waals surface area (Å²) in [5, 5.41) is -1.28. The van der Waals surface area contributed by atoms with Gasteiger partial charge in [0.25, 0.3) is 10.5 Å². The topological polar surface area (TPSA) is 86.2 Å². The minimum Gasteiger partial charge on any atom is -0.361 e. The summed E-state index contributed by atoms with van der Waals surface area (Å²) in [5.41, 5.74) is 8.67. The molecule has 0 aliphatic carbocycles. The predicted octanol–water partition coefficient (Wildman–Crippen LogP) is 3.66. The van der Waals surface area contributed by atoms with E-state index in [2.05, 4.69) is 43.3 Å². The third-order valence-corrected chi connectivity index (χ3v) is 0. The van der Waals surface area contributed by atoms with Crippen LogP contribution < -0.4 is 11.5 Å². The van der Waals surface area contributed by atoms with Crippen molar-refractivity contribution < 1.29 is 9.59 Å². The number of hydrogen-bond donors (Lipinski definition) is 4. The first kappa shape index (κ1) is 36.1. The van der Waals surface area contributed by atoms with E-state index in [1.165, 1.54) is 0 Å². The average molecular weight is 293 g/mol. The van der Waals surface area contributed by atoms with Crippen molar-refractivity contribution in [3.63, 3.8) is 0 Å². The molecule has 0 heterocycles. The van der Waals surface area contributed by atoms with Crippen LogP contribution in [0.2, 0.25) is 0 Å². The van der Waals surface area contributed by atoms with Gasteiger partial charge in [0.15, 0.2) is 0 Å². The smallest absolute Gasteiger partial charge is 0.273 e. The van der Waals surface area contributed by atoms with Gasteiger partial charge in [-0.2, -0.15) is 0 Å². The molecule has 0 spiro atoms. The number of carbonyl (C=O) groups is 2. The van der Waals surface area contributed by atoms with E-state index in [1.54, 1.807) is 6.08 Å². The monoisotopic (exact) mass is 292 g/mol. The molecule has 0 aliphatic heterocycles. The molecule has 4 nitrogen and oxygen atoms in total. The van der Waals surface area contributed by atoms with Gasteiger partial charge in [0.05, 0.1) is 0 Å². The lowest BCUT2D eigenvalue weighted by Crippen LogP contribution is -1.95. The van der Waals surface area contributed by atoms with E-state index < -0.39 is 10.5 Å². The molecule has 0 rings (SSSR count). The summed E-state index contributed by atoms with van der Waals surface area (Å²) in [6.07, 6.45) is 1.75. The largest absolute Gasteiger partial charge is 0.361 e. The molecule has 0 radical (unpaired) electrons. The minimum absolute atomic E-state index is 0. The Kier molecular flexibility index (Phi) is 139. The summed E-state index contributed by atoms with van der Waals surface area (Å²) in [4.78, 5) is 18.2.